The molecule has 0 unspecified atom stereocenters. The van der Waals surface area contributed by atoms with Crippen LogP contribution in [-0.2, 0) is 20.0 Å². The van der Waals surface area contributed by atoms with Gasteiger partial charge in [0.15, 0.2) is 0 Å². The van der Waals surface area contributed by atoms with Crippen LogP contribution < -0.4 is 14.2 Å². The van der Waals surface area contributed by atoms with Crippen molar-refractivity contribution in [1.29, 1.82) is 0 Å². The second-order valence-electron chi connectivity index (χ2n) is 5.62. The van der Waals surface area contributed by atoms with E-state index in [2.05, 4.69) is 9.44 Å². The average molecular weight is 493 g/mol. The first kappa shape index (κ1) is 21.7. The minimum atomic E-state index is -4.13. The largest absolute Gasteiger partial charge is 0.495 e. The van der Waals surface area contributed by atoms with Gasteiger partial charge < -0.3 is 4.74 Å². The van der Waals surface area contributed by atoms with Crippen molar-refractivity contribution >= 4 is 66.0 Å². The highest BCUT2D eigenvalue weighted by Gasteiger charge is 2.22. The number of para-hydroxylation sites is 2. The molecule has 1 heterocycles. The van der Waals surface area contributed by atoms with Crippen molar-refractivity contribution in [2.45, 2.75) is 9.10 Å². The van der Waals surface area contributed by atoms with Gasteiger partial charge in [0.25, 0.3) is 20.0 Å². The van der Waals surface area contributed by atoms with Gasteiger partial charge in [0.1, 0.15) is 14.9 Å². The monoisotopic (exact) mass is 492 g/mol. The molecule has 3 rings (SSSR count). The van der Waals surface area contributed by atoms with Crippen LogP contribution in [0.25, 0.3) is 0 Å². The summed E-state index contributed by atoms with van der Waals surface area (Å²) in [5.41, 5.74) is 0.240. The summed E-state index contributed by atoms with van der Waals surface area (Å²) in [6.07, 6.45) is 0. The quantitative estimate of drug-likeness (QED) is 0.498. The number of nitrogens with one attached hydrogen (secondary N) is 2. The van der Waals surface area contributed by atoms with Gasteiger partial charge in [-0.1, -0.05) is 35.3 Å². The standard InChI is InChI=1S/C17H14Cl2N2O5S3/c1-26-14-5-3-2-4-13(14)21-28(22,23)15-10-11(6-7-12(15)18)20-29(24,25)17-9-8-16(19)27-17/h2-10,20-21H,1H3. The number of thiophene rings is 1. The van der Waals surface area contributed by atoms with E-state index in [-0.39, 0.29) is 25.5 Å². The lowest BCUT2D eigenvalue weighted by molar-refractivity contribution is 0.417. The Morgan fingerprint density at radius 1 is 0.897 bits per heavy atom. The van der Waals surface area contributed by atoms with Crippen molar-refractivity contribution in [3.05, 3.63) is 64.0 Å². The first-order valence-corrected chi connectivity index (χ1v) is 12.4. The fraction of sp³-hybridized carbons (Fsp3) is 0.0588. The molecule has 0 saturated heterocycles. The maximum Gasteiger partial charge on any atom is 0.271 e. The molecule has 3 aromatic rings. The topological polar surface area (TPSA) is 102 Å². The van der Waals surface area contributed by atoms with E-state index in [1.165, 1.54) is 37.4 Å². The van der Waals surface area contributed by atoms with E-state index in [1.54, 1.807) is 18.2 Å². The molecule has 0 atom stereocenters. The van der Waals surface area contributed by atoms with Gasteiger partial charge in [-0.3, -0.25) is 9.44 Å². The lowest BCUT2D eigenvalue weighted by Gasteiger charge is -2.14. The molecule has 0 bridgehead atoms. The van der Waals surface area contributed by atoms with E-state index >= 15 is 0 Å². The van der Waals surface area contributed by atoms with Crippen LogP contribution in [0, 0.1) is 0 Å². The van der Waals surface area contributed by atoms with Crippen molar-refractivity contribution in [3.63, 3.8) is 0 Å². The third-order valence-corrected chi connectivity index (χ3v) is 8.59. The van der Waals surface area contributed by atoms with Crippen molar-refractivity contribution in [2.24, 2.45) is 0 Å². The second-order valence-corrected chi connectivity index (χ2v) is 11.3. The maximum absolute atomic E-state index is 12.8. The Morgan fingerprint density at radius 2 is 1.62 bits per heavy atom. The minimum Gasteiger partial charge on any atom is -0.495 e. The minimum absolute atomic E-state index is 0.00555. The Hall–Kier alpha value is -1.98. The molecule has 7 nitrogen and oxygen atoms in total. The molecule has 0 aliphatic heterocycles. The van der Waals surface area contributed by atoms with Gasteiger partial charge in [-0.2, -0.15) is 0 Å². The molecular weight excluding hydrogens is 479 g/mol. The molecule has 1 aromatic heterocycles. The number of anilines is 2. The van der Waals surface area contributed by atoms with Gasteiger partial charge >= 0.3 is 0 Å². The molecule has 0 aliphatic rings. The predicted octanol–water partition coefficient (Wildman–Crippen LogP) is 4.67. The van der Waals surface area contributed by atoms with Gasteiger partial charge in [0.2, 0.25) is 0 Å². The van der Waals surface area contributed by atoms with E-state index < -0.39 is 20.0 Å². The molecule has 29 heavy (non-hydrogen) atoms. The highest BCUT2D eigenvalue weighted by atomic mass is 35.5. The van der Waals surface area contributed by atoms with Crippen LogP contribution in [0.2, 0.25) is 9.36 Å². The number of hydrogen-bond acceptors (Lipinski definition) is 6. The zero-order chi connectivity index (χ0) is 21.2. The predicted molar refractivity (Wildman–Crippen MR) is 115 cm³/mol. The highest BCUT2D eigenvalue weighted by molar-refractivity contribution is 7.94. The lowest BCUT2D eigenvalue weighted by Crippen LogP contribution is -2.16. The molecule has 0 fully saturated rings. The summed E-state index contributed by atoms with van der Waals surface area (Å²) in [5, 5.41) is -0.0745. The third kappa shape index (κ3) is 4.96. The molecule has 2 aromatic carbocycles. The fourth-order valence-corrected chi connectivity index (χ4v) is 6.48. The number of ether oxygens (including phenoxy) is 1. The van der Waals surface area contributed by atoms with Crippen molar-refractivity contribution in [1.82, 2.24) is 0 Å². The average Bonchev–Trinajstić information content (AvgIpc) is 3.10. The molecule has 0 amide bonds. The molecule has 154 valence electrons. The lowest BCUT2D eigenvalue weighted by atomic mass is 10.3. The Kier molecular flexibility index (Phi) is 6.30. The fourth-order valence-electron chi connectivity index (χ4n) is 2.35. The molecular formula is C17H14Cl2N2O5S3. The Labute approximate surface area is 182 Å². The van der Waals surface area contributed by atoms with Crippen LogP contribution in [0.3, 0.4) is 0 Å². The maximum atomic E-state index is 12.8. The first-order chi connectivity index (χ1) is 13.6. The number of rotatable bonds is 7. The van der Waals surface area contributed by atoms with E-state index in [4.69, 9.17) is 27.9 Å². The van der Waals surface area contributed by atoms with Gasteiger partial charge in [-0.15, -0.1) is 11.3 Å². The molecule has 12 heteroatoms. The number of benzene rings is 2. The molecule has 0 spiro atoms. The van der Waals surface area contributed by atoms with Gasteiger partial charge in [0.05, 0.1) is 27.8 Å². The van der Waals surface area contributed by atoms with Gasteiger partial charge in [-0.25, -0.2) is 16.8 Å². The van der Waals surface area contributed by atoms with Gasteiger partial charge in [-0.05, 0) is 42.5 Å². The van der Waals surface area contributed by atoms with E-state index in [9.17, 15) is 16.8 Å². The van der Waals surface area contributed by atoms with Crippen molar-refractivity contribution in [3.8, 4) is 5.75 Å². The van der Waals surface area contributed by atoms with Crippen molar-refractivity contribution in [2.75, 3.05) is 16.6 Å². The number of halogens is 2. The SMILES string of the molecule is COc1ccccc1NS(=O)(=O)c1cc(NS(=O)(=O)c2ccc(Cl)s2)ccc1Cl. The summed E-state index contributed by atoms with van der Waals surface area (Å²) in [4.78, 5) is -0.297. The summed E-state index contributed by atoms with van der Waals surface area (Å²) in [5.74, 6) is 0.318. The van der Waals surface area contributed by atoms with E-state index in [0.29, 0.717) is 10.1 Å². The van der Waals surface area contributed by atoms with E-state index in [0.717, 1.165) is 17.4 Å². The molecule has 0 radical (unpaired) electrons. The number of hydrogen-bond donors (Lipinski definition) is 2. The zero-order valence-corrected chi connectivity index (χ0v) is 18.7. The Morgan fingerprint density at radius 3 is 2.28 bits per heavy atom. The summed E-state index contributed by atoms with van der Waals surface area (Å²) in [7, 11) is -6.65. The normalized spacial score (nSPS) is 11.8. The van der Waals surface area contributed by atoms with Crippen LogP contribution in [0.15, 0.2) is 63.7 Å². The smallest absolute Gasteiger partial charge is 0.271 e. The summed E-state index contributed by atoms with van der Waals surface area (Å²) >= 11 is 12.7. The second kappa shape index (κ2) is 8.41. The van der Waals surface area contributed by atoms with Crippen molar-refractivity contribution < 1.29 is 21.6 Å². The Balaban J connectivity index is 1.94. The molecule has 0 aliphatic carbocycles. The van der Waals surface area contributed by atoms with Crippen LogP contribution >= 0.6 is 34.5 Å². The zero-order valence-electron chi connectivity index (χ0n) is 14.7. The first-order valence-electron chi connectivity index (χ1n) is 7.86. The van der Waals surface area contributed by atoms with E-state index in [1.807, 2.05) is 0 Å². The van der Waals surface area contributed by atoms with Crippen LogP contribution in [0.5, 0.6) is 5.75 Å². The molecule has 0 saturated carbocycles. The number of methoxy groups -OCH3 is 1. The highest BCUT2D eigenvalue weighted by Crippen LogP contribution is 2.32. The Bertz CT molecular complexity index is 1260. The number of sulfonamides is 2. The summed E-state index contributed by atoms with van der Waals surface area (Å²) < 4.78 is 60.8. The van der Waals surface area contributed by atoms with Crippen LogP contribution in [0.4, 0.5) is 11.4 Å². The van der Waals surface area contributed by atoms with Crippen LogP contribution in [-0.4, -0.2) is 23.9 Å². The third-order valence-electron chi connectivity index (χ3n) is 3.64. The van der Waals surface area contributed by atoms with Gasteiger partial charge in [0, 0.05) is 0 Å². The summed E-state index contributed by atoms with van der Waals surface area (Å²) in [6, 6.07) is 13.0. The molecule has 2 N–H and O–H groups in total. The summed E-state index contributed by atoms with van der Waals surface area (Å²) in [6.45, 7) is 0. The van der Waals surface area contributed by atoms with Crippen LogP contribution in [0.1, 0.15) is 0 Å².